The smallest absolute Gasteiger partial charge is 0.145 e. The van der Waals surface area contributed by atoms with Gasteiger partial charge < -0.3 is 4.90 Å². The summed E-state index contributed by atoms with van der Waals surface area (Å²) < 4.78 is 2.34. The van der Waals surface area contributed by atoms with Gasteiger partial charge in [0, 0.05) is 39.1 Å². The van der Waals surface area contributed by atoms with Crippen LogP contribution in [0, 0.1) is 5.92 Å². The van der Waals surface area contributed by atoms with E-state index < -0.39 is 0 Å². The summed E-state index contributed by atoms with van der Waals surface area (Å²) in [5.74, 6) is 1.23. The minimum Gasteiger partial charge on any atom is -0.312 e. The maximum Gasteiger partial charge on any atom is 0.145 e. The Hall–Kier alpha value is -13.7. The Morgan fingerprint density at radius 1 is 0.287 bits per heavy atom. The Morgan fingerprint density at radius 2 is 0.643 bits per heavy atom. The molecule has 115 heavy (non-hydrogen) atoms. The van der Waals surface area contributed by atoms with E-state index in [1.807, 2.05) is 0 Å². The average Bonchev–Trinajstić information content (AvgIpc) is 0.753. The molecule has 3 nitrogen and oxygen atoms in total. The second kappa shape index (κ2) is 25.1. The number of imidazole rings is 1. The van der Waals surface area contributed by atoms with Gasteiger partial charge in [-0.2, -0.15) is 0 Å². The molecular weight excluding hydrogens is 1390 g/mol. The molecule has 1 aliphatic carbocycles. The Labute approximate surface area is 671 Å². The molecule has 0 bridgehead atoms. The van der Waals surface area contributed by atoms with Crippen LogP contribution in [0.1, 0.15) is 70.2 Å². The van der Waals surface area contributed by atoms with Crippen molar-refractivity contribution in [3.05, 3.63) is 398 Å². The molecule has 18 aromatic carbocycles. The molecule has 0 saturated heterocycles. The first-order chi connectivity index (χ1) is 56.4. The average molecular weight is 1470 g/mol. The molecule has 3 heteroatoms. The highest BCUT2D eigenvalue weighted by molar-refractivity contribution is 6.46. The van der Waals surface area contributed by atoms with Crippen molar-refractivity contribution in [3.63, 3.8) is 0 Å². The molecule has 4 aliphatic rings. The number of fused-ring (bicyclic) bond motifs is 7. The second-order valence-electron chi connectivity index (χ2n) is 33.8. The number of nitrogens with zero attached hydrogens (tertiary/aromatic N) is 3. The lowest BCUT2D eigenvalue weighted by Crippen LogP contribution is -2.50. The van der Waals surface area contributed by atoms with E-state index in [-0.39, 0.29) is 16.2 Å². The maximum absolute atomic E-state index is 5.60. The van der Waals surface area contributed by atoms with Crippen molar-refractivity contribution in [1.29, 1.82) is 0 Å². The van der Waals surface area contributed by atoms with Crippen LogP contribution in [0.4, 0.5) is 11.4 Å². The zero-order valence-electron chi connectivity index (χ0n) is 65.3. The van der Waals surface area contributed by atoms with Crippen LogP contribution in [0.2, 0.25) is 0 Å². The third kappa shape index (κ3) is 9.62. The quantitative estimate of drug-likeness (QED) is 0.0951. The van der Waals surface area contributed by atoms with Crippen LogP contribution in [0.5, 0.6) is 0 Å². The summed E-state index contributed by atoms with van der Waals surface area (Å²) in [6, 6.07) is 133. The van der Waals surface area contributed by atoms with Gasteiger partial charge in [0.2, 0.25) is 0 Å². The van der Waals surface area contributed by atoms with E-state index in [0.717, 1.165) is 90.2 Å². The highest BCUT2D eigenvalue weighted by Gasteiger charge is 2.55. The summed E-state index contributed by atoms with van der Waals surface area (Å²) in [6.45, 7) is 15.0. The van der Waals surface area contributed by atoms with Crippen molar-refractivity contribution in [2.24, 2.45) is 5.92 Å². The third-order valence-corrected chi connectivity index (χ3v) is 26.7. The summed E-state index contributed by atoms with van der Waals surface area (Å²) in [5.41, 5.74) is 35.8. The van der Waals surface area contributed by atoms with Crippen LogP contribution < -0.4 is 4.90 Å². The van der Waals surface area contributed by atoms with Gasteiger partial charge in [-0.1, -0.05) is 357 Å². The molecule has 0 amide bonds. The fourth-order valence-corrected chi connectivity index (χ4v) is 21.5. The molecular formula is C112H81N3. The van der Waals surface area contributed by atoms with Gasteiger partial charge in [-0.25, -0.2) is 4.98 Å². The van der Waals surface area contributed by atoms with E-state index >= 15 is 0 Å². The first-order valence-corrected chi connectivity index (χ1v) is 40.8. The molecule has 544 valence electrons. The maximum atomic E-state index is 5.60. The van der Waals surface area contributed by atoms with Gasteiger partial charge >= 0.3 is 0 Å². The first-order valence-electron chi connectivity index (χ1n) is 40.8. The number of aromatic nitrogens is 2. The van der Waals surface area contributed by atoms with Gasteiger partial charge in [-0.05, 0) is 237 Å². The topological polar surface area (TPSA) is 21.1 Å². The van der Waals surface area contributed by atoms with Crippen molar-refractivity contribution >= 4 is 76.3 Å². The minimum absolute atomic E-state index is 0.0545. The number of para-hydroxylation sites is 4. The fraction of sp³-hybridized carbons (Fsp3) is 0.0982. The normalized spacial score (nSPS) is 15.4. The van der Waals surface area contributed by atoms with E-state index in [0.29, 0.717) is 5.92 Å². The molecule has 1 atom stereocenters. The van der Waals surface area contributed by atoms with Crippen molar-refractivity contribution in [1.82, 2.24) is 9.55 Å². The van der Waals surface area contributed by atoms with E-state index in [4.69, 9.17) is 4.98 Å². The molecule has 19 aromatic rings. The predicted molar refractivity (Wildman–Crippen MR) is 485 cm³/mol. The zero-order valence-corrected chi connectivity index (χ0v) is 65.3. The Balaban J connectivity index is 0.909. The van der Waals surface area contributed by atoms with Gasteiger partial charge in [0.1, 0.15) is 5.82 Å². The lowest BCUT2D eigenvalue weighted by Gasteiger charge is -2.58. The number of anilines is 2. The van der Waals surface area contributed by atoms with Gasteiger partial charge in [0.05, 0.1) is 22.4 Å². The number of allylic oxidation sites excluding steroid dienone is 4. The Kier molecular flexibility index (Phi) is 14.6. The van der Waals surface area contributed by atoms with E-state index in [2.05, 4.69) is 415 Å². The predicted octanol–water partition coefficient (Wildman–Crippen LogP) is 30.1. The standard InChI is InChI=1S/C112H81N3/c1-110(2)84-58-34-60-86-106(84)115-107-85(110)59-35-61-87(107)112(5,6)89-67-78(66-88(108(89)115)111(86,3)4)74-48-30-49-75(64-74)98-94(70-40-18-9-19-41-70)95(71-42-20-10-21-43-71)99(76-50-31-51-77(65-76)109-113-90-62-28-29-63-91(90)114(109)79-52-26-13-27-53-79)105-83-57-33-55-81-101(83)100-80(54-32-56-82(100)104(98)105)102-96(72-44-22-11-23-45-72)92(68-36-14-7-15-37-68)93(69-38-16-8-17-39-69)97(103(81)102)73-46-24-12-25-47-73/h7-58,60-67,85H,59H2,1-6H3. The summed E-state index contributed by atoms with van der Waals surface area (Å²) >= 11 is 0. The molecule has 3 aliphatic heterocycles. The number of hydrogen-bond acceptors (Lipinski definition) is 2. The van der Waals surface area contributed by atoms with Crippen molar-refractivity contribution in [3.8, 4) is 117 Å². The van der Waals surface area contributed by atoms with Crippen molar-refractivity contribution in [2.45, 2.75) is 64.2 Å². The number of rotatable bonds is 11. The van der Waals surface area contributed by atoms with Crippen LogP contribution in [-0.4, -0.2) is 9.55 Å². The van der Waals surface area contributed by atoms with Crippen molar-refractivity contribution in [2.75, 3.05) is 4.90 Å². The van der Waals surface area contributed by atoms with Crippen LogP contribution >= 0.6 is 0 Å². The molecule has 4 heterocycles. The second-order valence-corrected chi connectivity index (χ2v) is 33.8. The SMILES string of the molecule is CC1(C)C2=C3C(CC=C2)C(C)(C)c2cccc4c2N3c2c1cc(-c1cccc(-c3c(-c5ccccc5)c(-c5ccccc5)c(-c5cccc(-c6nc7ccccc7n6-c6ccccc6)c5)c5c6cccc7c8c(-c9ccccc9)c(-c9ccccc9)c(-c9ccccc9)c(-c9ccccc9)c8c8cccc(c35)c8c76)c1)cc2C4(C)C. The van der Waals surface area contributed by atoms with Crippen molar-refractivity contribution < 1.29 is 0 Å². The van der Waals surface area contributed by atoms with Gasteiger partial charge in [-0.15, -0.1) is 0 Å². The molecule has 1 aromatic heterocycles. The molecule has 0 saturated carbocycles. The highest BCUT2D eigenvalue weighted by Crippen LogP contribution is 2.68. The third-order valence-electron chi connectivity index (χ3n) is 26.7. The molecule has 0 N–H and O–H groups in total. The lowest BCUT2D eigenvalue weighted by molar-refractivity contribution is 0.335. The lowest BCUT2D eigenvalue weighted by atomic mass is 9.56. The molecule has 0 radical (unpaired) electrons. The number of hydrogen-bond donors (Lipinski definition) is 0. The first kappa shape index (κ1) is 67.0. The summed E-state index contributed by atoms with van der Waals surface area (Å²) in [7, 11) is 0. The van der Waals surface area contributed by atoms with Crippen LogP contribution in [0.3, 0.4) is 0 Å². The van der Waals surface area contributed by atoms with E-state index in [9.17, 15) is 0 Å². The molecule has 23 rings (SSSR count). The fourth-order valence-electron chi connectivity index (χ4n) is 21.5. The monoisotopic (exact) mass is 1470 g/mol. The largest absolute Gasteiger partial charge is 0.312 e. The van der Waals surface area contributed by atoms with Gasteiger partial charge in [-0.3, -0.25) is 4.57 Å². The highest BCUT2D eigenvalue weighted by atomic mass is 15.2. The summed E-state index contributed by atoms with van der Waals surface area (Å²) in [5, 5.41) is 12.1. The van der Waals surface area contributed by atoms with E-state index in [1.165, 1.54) is 143 Å². The Bertz CT molecular complexity index is 7330. The van der Waals surface area contributed by atoms with Gasteiger partial charge in [0.25, 0.3) is 0 Å². The molecule has 0 fully saturated rings. The minimum atomic E-state index is -0.322. The van der Waals surface area contributed by atoms with E-state index in [1.54, 1.807) is 0 Å². The number of benzene rings is 18. The molecule has 0 spiro atoms. The van der Waals surface area contributed by atoms with Crippen LogP contribution in [0.15, 0.2) is 375 Å². The van der Waals surface area contributed by atoms with Crippen LogP contribution in [0.25, 0.3) is 182 Å². The van der Waals surface area contributed by atoms with Gasteiger partial charge in [0.15, 0.2) is 0 Å². The summed E-state index contributed by atoms with van der Waals surface area (Å²) in [6.07, 6.45) is 5.99. The summed E-state index contributed by atoms with van der Waals surface area (Å²) in [4.78, 5) is 8.36. The zero-order chi connectivity index (χ0) is 76.7. The Morgan fingerprint density at radius 3 is 1.12 bits per heavy atom. The van der Waals surface area contributed by atoms with Crippen LogP contribution in [-0.2, 0) is 16.2 Å². The molecule has 1 unspecified atom stereocenters.